The van der Waals surface area contributed by atoms with Gasteiger partial charge in [-0.1, -0.05) is 30.3 Å². The van der Waals surface area contributed by atoms with Crippen LogP contribution in [-0.4, -0.2) is 42.3 Å². The second kappa shape index (κ2) is 11.7. The van der Waals surface area contributed by atoms with Crippen LogP contribution in [0.25, 0.3) is 0 Å². The Labute approximate surface area is 207 Å². The van der Waals surface area contributed by atoms with E-state index >= 15 is 0 Å². The number of hydrogen-bond acceptors (Lipinski definition) is 6. The van der Waals surface area contributed by atoms with Gasteiger partial charge in [0, 0.05) is 37.6 Å². The van der Waals surface area contributed by atoms with Gasteiger partial charge in [0.2, 0.25) is 5.90 Å². The summed E-state index contributed by atoms with van der Waals surface area (Å²) in [4.78, 5) is 18.0. The topological polar surface area (TPSA) is 92.2 Å². The van der Waals surface area contributed by atoms with Crippen molar-refractivity contribution in [3.63, 3.8) is 0 Å². The van der Waals surface area contributed by atoms with Crippen LogP contribution >= 0.6 is 0 Å². The fraction of sp³-hybridized carbons (Fsp3) is 0.259. The van der Waals surface area contributed by atoms with Crippen molar-refractivity contribution in [2.45, 2.75) is 24.9 Å². The quantitative estimate of drug-likeness (QED) is 0.281. The molecule has 0 radical (unpaired) electrons. The molecule has 0 aromatic heterocycles. The van der Waals surface area contributed by atoms with Crippen LogP contribution in [0.4, 0.5) is 8.78 Å². The van der Waals surface area contributed by atoms with Gasteiger partial charge in [0.25, 0.3) is 5.91 Å². The van der Waals surface area contributed by atoms with Crippen molar-refractivity contribution in [2.75, 3.05) is 19.8 Å². The van der Waals surface area contributed by atoms with E-state index in [0.29, 0.717) is 42.2 Å². The number of ether oxygens (including phenoxy) is 2. The number of halogens is 2. The molecule has 0 unspecified atom stereocenters. The third-order valence-electron chi connectivity index (χ3n) is 5.61. The van der Waals surface area contributed by atoms with Crippen molar-refractivity contribution >= 4 is 11.8 Å². The molecule has 3 aromatic carbocycles. The smallest absolute Gasteiger partial charge is 0.266 e. The van der Waals surface area contributed by atoms with Crippen molar-refractivity contribution in [2.24, 2.45) is 4.99 Å². The minimum atomic E-state index is -1.24. The van der Waals surface area contributed by atoms with E-state index in [9.17, 15) is 13.6 Å². The zero-order chi connectivity index (χ0) is 25.4. The van der Waals surface area contributed by atoms with Crippen molar-refractivity contribution < 1.29 is 28.2 Å². The van der Waals surface area contributed by atoms with E-state index < -0.39 is 23.1 Å². The molecule has 1 atom stereocenters. The Kier molecular flexibility index (Phi) is 8.24. The minimum absolute atomic E-state index is 0.0219. The van der Waals surface area contributed by atoms with Gasteiger partial charge < -0.3 is 14.6 Å². The summed E-state index contributed by atoms with van der Waals surface area (Å²) in [6.45, 7) is 0.510. The first-order valence-electron chi connectivity index (χ1n) is 11.6. The Morgan fingerprint density at radius 1 is 1.03 bits per heavy atom. The van der Waals surface area contributed by atoms with Gasteiger partial charge in [-0.3, -0.25) is 10.2 Å². The van der Waals surface area contributed by atoms with E-state index in [1.807, 2.05) is 30.3 Å². The summed E-state index contributed by atoms with van der Waals surface area (Å²) in [5.74, 6) is -0.835. The van der Waals surface area contributed by atoms with Crippen LogP contribution in [0.1, 0.15) is 23.1 Å². The maximum Gasteiger partial charge on any atom is 0.266 e. The molecule has 7 nitrogen and oxygen atoms in total. The summed E-state index contributed by atoms with van der Waals surface area (Å²) < 4.78 is 38.4. The first kappa shape index (κ1) is 25.3. The predicted octanol–water partition coefficient (Wildman–Crippen LogP) is 3.31. The summed E-state index contributed by atoms with van der Waals surface area (Å²) in [5, 5.41) is 8.89. The SMILES string of the molecule is O=C(NNCc1cc(F)cc(F)c1)[C@]1(Cc2ccccc2)COC(c2ccc(OCCCO)cc2)=N1. The summed E-state index contributed by atoms with van der Waals surface area (Å²) in [7, 11) is 0. The molecule has 1 heterocycles. The molecule has 0 saturated heterocycles. The van der Waals surface area contributed by atoms with E-state index in [2.05, 4.69) is 10.9 Å². The molecule has 0 fully saturated rings. The molecule has 1 aliphatic rings. The average Bonchev–Trinajstić information content (AvgIpc) is 3.30. The molecule has 9 heteroatoms. The standard InChI is InChI=1S/C27H27F2N3O4/c28-22-13-20(14-23(29)15-22)17-30-32-26(34)27(16-19-5-2-1-3-6-19)18-36-25(31-27)21-7-9-24(10-8-21)35-12-4-11-33/h1-3,5-10,13-15,30,33H,4,11-12,16-18H2,(H,32,34)/t27-/m0/s1. The molecule has 0 saturated carbocycles. The van der Waals surface area contributed by atoms with Crippen molar-refractivity contribution in [3.05, 3.63) is 101 Å². The van der Waals surface area contributed by atoms with E-state index in [0.717, 1.165) is 11.6 Å². The van der Waals surface area contributed by atoms with Gasteiger partial charge in [-0.05, 0) is 47.5 Å². The van der Waals surface area contributed by atoms with E-state index in [1.165, 1.54) is 12.1 Å². The number of carbonyl (C=O) groups excluding carboxylic acids is 1. The summed E-state index contributed by atoms with van der Waals surface area (Å²) in [6.07, 6.45) is 0.832. The van der Waals surface area contributed by atoms with Crippen LogP contribution < -0.4 is 15.6 Å². The Hall–Kier alpha value is -3.82. The Balaban J connectivity index is 1.49. The van der Waals surface area contributed by atoms with Gasteiger partial charge in [0.1, 0.15) is 24.0 Å². The molecule has 1 aliphatic heterocycles. The van der Waals surface area contributed by atoms with Crippen LogP contribution in [0.2, 0.25) is 0 Å². The fourth-order valence-electron chi connectivity index (χ4n) is 3.82. The van der Waals surface area contributed by atoms with Crippen molar-refractivity contribution in [3.8, 4) is 5.75 Å². The number of hydrazine groups is 1. The van der Waals surface area contributed by atoms with Crippen LogP contribution in [0.15, 0.2) is 77.8 Å². The Bertz CT molecular complexity index is 1190. The highest BCUT2D eigenvalue weighted by Crippen LogP contribution is 2.27. The maximum absolute atomic E-state index is 13.5. The van der Waals surface area contributed by atoms with Crippen molar-refractivity contribution in [1.82, 2.24) is 10.9 Å². The van der Waals surface area contributed by atoms with Crippen LogP contribution in [-0.2, 0) is 22.5 Å². The van der Waals surface area contributed by atoms with E-state index in [-0.39, 0.29) is 19.8 Å². The van der Waals surface area contributed by atoms with Crippen LogP contribution in [0.5, 0.6) is 5.75 Å². The number of rotatable bonds is 11. The number of aliphatic hydroxyl groups is 1. The number of aliphatic hydroxyl groups excluding tert-OH is 1. The molecule has 3 aromatic rings. The molecule has 0 bridgehead atoms. The first-order valence-corrected chi connectivity index (χ1v) is 11.6. The number of aliphatic imine (C=N–C) groups is 1. The van der Waals surface area contributed by atoms with E-state index in [4.69, 9.17) is 19.6 Å². The number of carbonyl (C=O) groups is 1. The molecule has 0 aliphatic carbocycles. The lowest BCUT2D eigenvalue weighted by atomic mass is 9.91. The van der Waals surface area contributed by atoms with Gasteiger partial charge in [-0.2, -0.15) is 0 Å². The molecule has 0 spiro atoms. The lowest BCUT2D eigenvalue weighted by molar-refractivity contribution is -0.127. The molecule has 1 amide bonds. The van der Waals surface area contributed by atoms with Gasteiger partial charge in [-0.15, -0.1) is 0 Å². The molecule has 4 rings (SSSR count). The summed E-state index contributed by atoms with van der Waals surface area (Å²) >= 11 is 0. The van der Waals surface area contributed by atoms with E-state index in [1.54, 1.807) is 24.3 Å². The molecular formula is C27H27F2N3O4. The third-order valence-corrected chi connectivity index (χ3v) is 5.61. The highest BCUT2D eigenvalue weighted by Gasteiger charge is 2.44. The second-order valence-electron chi connectivity index (χ2n) is 8.43. The average molecular weight is 496 g/mol. The Morgan fingerprint density at radius 2 is 1.75 bits per heavy atom. The zero-order valence-corrected chi connectivity index (χ0v) is 19.5. The Morgan fingerprint density at radius 3 is 2.44 bits per heavy atom. The number of hydrogen-bond donors (Lipinski definition) is 3. The second-order valence-corrected chi connectivity index (χ2v) is 8.43. The predicted molar refractivity (Wildman–Crippen MR) is 130 cm³/mol. The number of amides is 1. The summed E-state index contributed by atoms with van der Waals surface area (Å²) in [5.41, 5.74) is 6.06. The monoisotopic (exact) mass is 495 g/mol. The largest absolute Gasteiger partial charge is 0.494 e. The van der Waals surface area contributed by atoms with Crippen LogP contribution in [0, 0.1) is 11.6 Å². The minimum Gasteiger partial charge on any atom is -0.494 e. The summed E-state index contributed by atoms with van der Waals surface area (Å²) in [6, 6.07) is 19.8. The molecule has 36 heavy (non-hydrogen) atoms. The van der Waals surface area contributed by atoms with Gasteiger partial charge >= 0.3 is 0 Å². The lowest BCUT2D eigenvalue weighted by Gasteiger charge is -2.23. The highest BCUT2D eigenvalue weighted by atomic mass is 19.1. The lowest BCUT2D eigenvalue weighted by Crippen LogP contribution is -2.52. The molecular weight excluding hydrogens is 468 g/mol. The number of nitrogens with one attached hydrogen (secondary N) is 2. The van der Waals surface area contributed by atoms with Crippen LogP contribution in [0.3, 0.4) is 0 Å². The highest BCUT2D eigenvalue weighted by molar-refractivity contribution is 6.00. The first-order chi connectivity index (χ1) is 17.5. The number of benzene rings is 3. The van der Waals surface area contributed by atoms with Crippen molar-refractivity contribution in [1.29, 1.82) is 0 Å². The zero-order valence-electron chi connectivity index (χ0n) is 19.5. The molecule has 188 valence electrons. The third kappa shape index (κ3) is 6.44. The van der Waals surface area contributed by atoms with Gasteiger partial charge in [-0.25, -0.2) is 19.2 Å². The van der Waals surface area contributed by atoms with Gasteiger partial charge in [0.05, 0.1) is 6.61 Å². The van der Waals surface area contributed by atoms with Gasteiger partial charge in [0.15, 0.2) is 5.54 Å². The molecule has 3 N–H and O–H groups in total. The normalized spacial score (nSPS) is 16.8. The maximum atomic E-state index is 13.5. The fourth-order valence-corrected chi connectivity index (χ4v) is 3.82. The number of nitrogens with zero attached hydrogens (tertiary/aromatic N) is 1.